The highest BCUT2D eigenvalue weighted by molar-refractivity contribution is 7.99. The quantitative estimate of drug-likeness (QED) is 0.626. The molecule has 118 valence electrons. The summed E-state index contributed by atoms with van der Waals surface area (Å²) >= 11 is 1.66. The summed E-state index contributed by atoms with van der Waals surface area (Å²) in [4.78, 5) is 17.6. The topological polar surface area (TPSA) is 44.1 Å². The average molecular weight is 318 g/mol. The first-order valence-corrected chi connectivity index (χ1v) is 8.87. The molecule has 0 saturated carbocycles. The van der Waals surface area contributed by atoms with Gasteiger partial charge in [-0.3, -0.25) is 9.36 Å². The number of para-hydroxylation sites is 1. The van der Waals surface area contributed by atoms with Gasteiger partial charge in [-0.25, -0.2) is 4.98 Å². The maximum absolute atomic E-state index is 12.8. The maximum atomic E-state index is 12.8. The molecular formula is C17H22N2O2S. The summed E-state index contributed by atoms with van der Waals surface area (Å²) in [7, 11) is 0. The van der Waals surface area contributed by atoms with Crippen LogP contribution < -0.4 is 5.56 Å². The molecule has 1 fully saturated rings. The standard InChI is InChI=1S/C17H22N2O2S/c1-12(2)11-22-17-18-15-8-4-3-7-14(15)16(20)19(17)10-13-6-5-9-21-13/h3-4,7-8,12-13H,5-6,9-11H2,1-2H3. The predicted octanol–water partition coefficient (Wildman–Crippen LogP) is 3.32. The molecule has 4 nitrogen and oxygen atoms in total. The molecule has 0 bridgehead atoms. The molecule has 2 aromatic rings. The van der Waals surface area contributed by atoms with Crippen molar-refractivity contribution in [1.29, 1.82) is 0 Å². The van der Waals surface area contributed by atoms with Crippen molar-refractivity contribution in [2.45, 2.75) is 44.5 Å². The van der Waals surface area contributed by atoms with Crippen molar-refractivity contribution in [2.24, 2.45) is 5.92 Å². The van der Waals surface area contributed by atoms with Gasteiger partial charge in [0.2, 0.25) is 0 Å². The number of nitrogens with zero attached hydrogens (tertiary/aromatic N) is 2. The molecule has 3 rings (SSSR count). The Kier molecular flexibility index (Phi) is 4.84. The number of fused-ring (bicyclic) bond motifs is 1. The molecule has 1 atom stereocenters. The van der Waals surface area contributed by atoms with Gasteiger partial charge in [-0.15, -0.1) is 0 Å². The molecule has 1 aliphatic rings. The number of aromatic nitrogens is 2. The highest BCUT2D eigenvalue weighted by atomic mass is 32.2. The number of hydrogen-bond acceptors (Lipinski definition) is 4. The summed E-state index contributed by atoms with van der Waals surface area (Å²) in [5.41, 5.74) is 0.828. The van der Waals surface area contributed by atoms with Crippen LogP contribution in [0.3, 0.4) is 0 Å². The highest BCUT2D eigenvalue weighted by Crippen LogP contribution is 2.22. The summed E-state index contributed by atoms with van der Waals surface area (Å²) in [5, 5.41) is 1.50. The minimum absolute atomic E-state index is 0.0485. The number of thioether (sulfide) groups is 1. The number of rotatable bonds is 5. The van der Waals surface area contributed by atoms with Crippen molar-refractivity contribution in [3.8, 4) is 0 Å². The average Bonchev–Trinajstić information content (AvgIpc) is 3.01. The fourth-order valence-corrected chi connectivity index (χ4v) is 3.61. The van der Waals surface area contributed by atoms with Gasteiger partial charge in [0.15, 0.2) is 5.16 Å². The molecule has 1 aliphatic heterocycles. The van der Waals surface area contributed by atoms with Gasteiger partial charge in [0.25, 0.3) is 5.56 Å². The molecule has 1 aromatic heterocycles. The molecule has 1 unspecified atom stereocenters. The van der Waals surface area contributed by atoms with Crippen LogP contribution in [0.25, 0.3) is 10.9 Å². The summed E-state index contributed by atoms with van der Waals surface area (Å²) in [6.07, 6.45) is 2.24. The van der Waals surface area contributed by atoms with Crippen LogP contribution in [0, 0.1) is 5.92 Å². The minimum Gasteiger partial charge on any atom is -0.376 e. The van der Waals surface area contributed by atoms with Gasteiger partial charge in [-0.1, -0.05) is 37.7 Å². The minimum atomic E-state index is 0.0485. The zero-order chi connectivity index (χ0) is 15.5. The lowest BCUT2D eigenvalue weighted by Gasteiger charge is -2.17. The van der Waals surface area contributed by atoms with Crippen molar-refractivity contribution in [1.82, 2.24) is 9.55 Å². The smallest absolute Gasteiger partial charge is 0.262 e. The normalized spacial score (nSPS) is 18.4. The largest absolute Gasteiger partial charge is 0.376 e. The van der Waals surface area contributed by atoms with Crippen molar-refractivity contribution in [2.75, 3.05) is 12.4 Å². The fraction of sp³-hybridized carbons (Fsp3) is 0.529. The van der Waals surface area contributed by atoms with Gasteiger partial charge in [-0.2, -0.15) is 0 Å². The van der Waals surface area contributed by atoms with E-state index in [0.717, 1.165) is 35.9 Å². The molecule has 1 saturated heterocycles. The zero-order valence-electron chi connectivity index (χ0n) is 13.1. The van der Waals surface area contributed by atoms with Crippen LogP contribution in [0.5, 0.6) is 0 Å². The lowest BCUT2D eigenvalue weighted by atomic mass is 10.2. The van der Waals surface area contributed by atoms with E-state index in [4.69, 9.17) is 9.72 Å². The van der Waals surface area contributed by atoms with Crippen molar-refractivity contribution in [3.63, 3.8) is 0 Å². The van der Waals surface area contributed by atoms with Gasteiger partial charge in [0.05, 0.1) is 23.6 Å². The van der Waals surface area contributed by atoms with Crippen molar-refractivity contribution >= 4 is 22.7 Å². The number of hydrogen-bond donors (Lipinski definition) is 0. The van der Waals surface area contributed by atoms with Crippen LogP contribution in [-0.2, 0) is 11.3 Å². The summed E-state index contributed by atoms with van der Waals surface area (Å²) in [6, 6.07) is 7.58. The Bertz CT molecular complexity index is 705. The van der Waals surface area contributed by atoms with E-state index in [1.807, 2.05) is 28.8 Å². The first kappa shape index (κ1) is 15.6. The van der Waals surface area contributed by atoms with E-state index >= 15 is 0 Å². The molecule has 2 heterocycles. The Hall–Kier alpha value is -1.33. The third kappa shape index (κ3) is 3.36. The Morgan fingerprint density at radius 3 is 2.95 bits per heavy atom. The Labute approximate surface area is 134 Å². The Morgan fingerprint density at radius 2 is 2.23 bits per heavy atom. The molecule has 0 spiro atoms. The van der Waals surface area contributed by atoms with Crippen LogP contribution in [0.4, 0.5) is 0 Å². The van der Waals surface area contributed by atoms with Crippen LogP contribution >= 0.6 is 11.8 Å². The molecule has 0 radical (unpaired) electrons. The van der Waals surface area contributed by atoms with Crippen LogP contribution in [0.2, 0.25) is 0 Å². The van der Waals surface area contributed by atoms with E-state index in [1.165, 1.54) is 0 Å². The van der Waals surface area contributed by atoms with E-state index in [-0.39, 0.29) is 11.7 Å². The van der Waals surface area contributed by atoms with Gasteiger partial charge in [-0.05, 0) is 30.9 Å². The third-order valence-corrected chi connectivity index (χ3v) is 5.19. The van der Waals surface area contributed by atoms with Crippen LogP contribution in [0.15, 0.2) is 34.2 Å². The zero-order valence-corrected chi connectivity index (χ0v) is 13.9. The van der Waals surface area contributed by atoms with Gasteiger partial charge in [0.1, 0.15) is 0 Å². The molecule has 1 aromatic carbocycles. The van der Waals surface area contributed by atoms with E-state index in [1.54, 1.807) is 11.8 Å². The first-order chi connectivity index (χ1) is 10.6. The molecule has 0 aliphatic carbocycles. The molecule has 5 heteroatoms. The van der Waals surface area contributed by atoms with Gasteiger partial charge in [0, 0.05) is 12.4 Å². The second-order valence-corrected chi connectivity index (χ2v) is 7.15. The van der Waals surface area contributed by atoms with E-state index < -0.39 is 0 Å². The van der Waals surface area contributed by atoms with E-state index in [2.05, 4.69) is 13.8 Å². The molecular weight excluding hydrogens is 296 g/mol. The Morgan fingerprint density at radius 1 is 1.41 bits per heavy atom. The van der Waals surface area contributed by atoms with Gasteiger partial charge >= 0.3 is 0 Å². The van der Waals surface area contributed by atoms with Crippen molar-refractivity contribution < 1.29 is 4.74 Å². The third-order valence-electron chi connectivity index (χ3n) is 3.78. The summed E-state index contributed by atoms with van der Waals surface area (Å²) < 4.78 is 7.52. The second kappa shape index (κ2) is 6.84. The predicted molar refractivity (Wildman–Crippen MR) is 90.5 cm³/mol. The van der Waals surface area contributed by atoms with Crippen LogP contribution in [0.1, 0.15) is 26.7 Å². The second-order valence-electron chi connectivity index (χ2n) is 6.17. The first-order valence-electron chi connectivity index (χ1n) is 7.89. The molecule has 0 N–H and O–H groups in total. The van der Waals surface area contributed by atoms with E-state index in [9.17, 15) is 4.79 Å². The van der Waals surface area contributed by atoms with Crippen LogP contribution in [-0.4, -0.2) is 28.0 Å². The van der Waals surface area contributed by atoms with Crippen molar-refractivity contribution in [3.05, 3.63) is 34.6 Å². The summed E-state index contributed by atoms with van der Waals surface area (Å²) in [6.45, 7) is 5.76. The SMILES string of the molecule is CC(C)CSc1nc2ccccc2c(=O)n1CC1CCCO1. The Balaban J connectivity index is 2.01. The van der Waals surface area contributed by atoms with Gasteiger partial charge < -0.3 is 4.74 Å². The summed E-state index contributed by atoms with van der Waals surface area (Å²) in [5.74, 6) is 1.51. The fourth-order valence-electron chi connectivity index (χ4n) is 2.65. The lowest BCUT2D eigenvalue weighted by Crippen LogP contribution is -2.29. The molecule has 0 amide bonds. The highest BCUT2D eigenvalue weighted by Gasteiger charge is 2.20. The lowest BCUT2D eigenvalue weighted by molar-refractivity contribution is 0.0937. The van der Waals surface area contributed by atoms with E-state index in [0.29, 0.717) is 17.8 Å². The number of ether oxygens (including phenoxy) is 1. The maximum Gasteiger partial charge on any atom is 0.262 e. The monoisotopic (exact) mass is 318 g/mol. The molecule has 22 heavy (non-hydrogen) atoms. The number of benzene rings is 1.